The van der Waals surface area contributed by atoms with Crippen LogP contribution in [0.5, 0.6) is 0 Å². The Morgan fingerprint density at radius 1 is 0.545 bits per heavy atom. The normalized spacial score (nSPS) is 13.6. The molecular formula is C39H58MgN3O+. The number of aromatic amines is 1. The summed E-state index contributed by atoms with van der Waals surface area (Å²) in [6.45, 7) is 28.8. The Morgan fingerprint density at radius 2 is 0.841 bits per heavy atom. The fourth-order valence-corrected chi connectivity index (χ4v) is 5.65. The van der Waals surface area contributed by atoms with E-state index in [1.165, 1.54) is 35.1 Å². The second-order valence-corrected chi connectivity index (χ2v) is 14.3. The van der Waals surface area contributed by atoms with E-state index in [9.17, 15) is 0 Å². The van der Waals surface area contributed by atoms with Crippen LogP contribution in [0.2, 0.25) is 0 Å². The smallest absolute Gasteiger partial charge is 0.671 e. The second kappa shape index (κ2) is 16.5. The molecule has 1 fully saturated rings. The van der Waals surface area contributed by atoms with Gasteiger partial charge in [-0.05, 0) is 53.7 Å². The van der Waals surface area contributed by atoms with Gasteiger partial charge in [0.05, 0.1) is 0 Å². The van der Waals surface area contributed by atoms with Crippen LogP contribution in [-0.2, 0) is 15.8 Å². The number of ether oxygens (including phenoxy) is 1. The maximum atomic E-state index is 5.42. The minimum absolute atomic E-state index is 0. The monoisotopic (exact) mass is 608 g/mol. The summed E-state index contributed by atoms with van der Waals surface area (Å²) in [5.74, 6) is 1.64. The van der Waals surface area contributed by atoms with E-state index in [4.69, 9.17) is 15.4 Å². The van der Waals surface area contributed by atoms with Gasteiger partial charge in [0.25, 0.3) is 0 Å². The molecule has 1 N–H and O–H groups in total. The zero-order chi connectivity index (χ0) is 31.9. The van der Waals surface area contributed by atoms with Crippen molar-refractivity contribution in [3.05, 3.63) is 98.9 Å². The van der Waals surface area contributed by atoms with Crippen molar-refractivity contribution in [3.63, 3.8) is 0 Å². The predicted molar refractivity (Wildman–Crippen MR) is 190 cm³/mol. The van der Waals surface area contributed by atoms with E-state index in [0.29, 0.717) is 23.7 Å². The molecular weight excluding hydrogens is 551 g/mol. The molecule has 0 unspecified atom stereocenters. The van der Waals surface area contributed by atoms with Gasteiger partial charge in [-0.1, -0.05) is 142 Å². The maximum Gasteiger partial charge on any atom is 2.00 e. The molecule has 4 nitrogen and oxygen atoms in total. The van der Waals surface area contributed by atoms with Crippen LogP contribution in [0.1, 0.15) is 153 Å². The van der Waals surface area contributed by atoms with Gasteiger partial charge in [-0.15, -0.1) is 11.4 Å². The molecule has 0 atom stereocenters. The minimum Gasteiger partial charge on any atom is -0.671 e. The van der Waals surface area contributed by atoms with Crippen molar-refractivity contribution in [3.8, 4) is 0 Å². The molecule has 0 radical (unpaired) electrons. The first-order valence-electron chi connectivity index (χ1n) is 16.5. The average molecular weight is 609 g/mol. The van der Waals surface area contributed by atoms with Crippen LogP contribution in [0, 0.1) is 0 Å². The second-order valence-electron chi connectivity index (χ2n) is 14.3. The summed E-state index contributed by atoms with van der Waals surface area (Å²) < 4.78 is 4.94. The number of hydrogen-bond acceptors (Lipinski definition) is 1. The molecule has 0 amide bonds. The molecule has 0 aliphatic carbocycles. The molecule has 2 aromatic carbocycles. The van der Waals surface area contributed by atoms with Crippen molar-refractivity contribution in [1.29, 1.82) is 0 Å². The number of H-pyrrole nitrogens is 1. The van der Waals surface area contributed by atoms with Crippen molar-refractivity contribution < 1.29 is 9.72 Å². The first-order chi connectivity index (χ1) is 20.2. The number of pyridine rings is 1. The van der Waals surface area contributed by atoms with Gasteiger partial charge in [0.2, 0.25) is 0 Å². The van der Waals surface area contributed by atoms with Gasteiger partial charge >= 0.3 is 23.1 Å². The van der Waals surface area contributed by atoms with Crippen LogP contribution in [0.15, 0.2) is 54.6 Å². The average Bonchev–Trinajstić information content (AvgIpc) is 3.53. The third kappa shape index (κ3) is 9.71. The van der Waals surface area contributed by atoms with Crippen LogP contribution in [0.4, 0.5) is 11.4 Å². The van der Waals surface area contributed by atoms with Gasteiger partial charge in [0.1, 0.15) is 0 Å². The van der Waals surface area contributed by atoms with E-state index >= 15 is 0 Å². The zero-order valence-electron chi connectivity index (χ0n) is 29.8. The molecule has 1 saturated heterocycles. The minimum atomic E-state index is -0.431. The van der Waals surface area contributed by atoms with Crippen LogP contribution in [-0.4, -0.2) is 36.3 Å². The number of nitrogens with zero attached hydrogens (tertiary/aromatic N) is 2. The number of aromatic nitrogens is 1. The molecule has 0 spiro atoms. The Kier molecular flexibility index (Phi) is 14.3. The fraction of sp³-hybridized carbons (Fsp3) is 0.564. The van der Waals surface area contributed by atoms with E-state index in [1.54, 1.807) is 0 Å². The molecule has 236 valence electrons. The van der Waals surface area contributed by atoms with Crippen molar-refractivity contribution >= 4 is 34.4 Å². The molecule has 2 heterocycles. The SMILES string of the molecule is C1CCOC1.CC(C)c1cccc(C(C)C)c1[N-]C(C)(C)c1cccc(C(C)(C)[N-]c2c(C(C)C)cccc2C(C)C)[nH+]1.[Mg+2]. The third-order valence-electron chi connectivity index (χ3n) is 8.41. The van der Waals surface area contributed by atoms with Gasteiger partial charge in [-0.2, -0.15) is 0 Å². The summed E-state index contributed by atoms with van der Waals surface area (Å²) in [6.07, 6.45) is 2.56. The number of rotatable bonds is 10. The van der Waals surface area contributed by atoms with E-state index < -0.39 is 11.1 Å². The van der Waals surface area contributed by atoms with E-state index in [1.807, 2.05) is 0 Å². The van der Waals surface area contributed by atoms with Crippen LogP contribution in [0.3, 0.4) is 0 Å². The summed E-state index contributed by atoms with van der Waals surface area (Å²) in [7, 11) is 0. The molecule has 1 aromatic heterocycles. The Hall–Kier alpha value is -2.08. The van der Waals surface area contributed by atoms with Gasteiger partial charge < -0.3 is 15.4 Å². The largest absolute Gasteiger partial charge is 2.00 e. The van der Waals surface area contributed by atoms with Gasteiger partial charge in [-0.3, -0.25) is 0 Å². The Balaban J connectivity index is 0.00000102. The van der Waals surface area contributed by atoms with Crippen molar-refractivity contribution in [2.75, 3.05) is 13.2 Å². The molecule has 44 heavy (non-hydrogen) atoms. The van der Waals surface area contributed by atoms with Crippen molar-refractivity contribution in [1.82, 2.24) is 0 Å². The number of hydrogen-bond donors (Lipinski definition) is 0. The summed E-state index contributed by atoms with van der Waals surface area (Å²) in [4.78, 5) is 3.77. The number of para-hydroxylation sites is 2. The predicted octanol–water partition coefficient (Wildman–Crippen LogP) is 11.3. The van der Waals surface area contributed by atoms with Crippen molar-refractivity contribution in [2.45, 2.75) is 131 Å². The third-order valence-corrected chi connectivity index (χ3v) is 8.41. The summed E-state index contributed by atoms with van der Waals surface area (Å²) in [6, 6.07) is 19.7. The van der Waals surface area contributed by atoms with Gasteiger partial charge in [-0.25, -0.2) is 4.98 Å². The van der Waals surface area contributed by atoms with Crippen LogP contribution >= 0.6 is 0 Å². The molecule has 0 saturated carbocycles. The first kappa shape index (κ1) is 38.1. The molecule has 1 aliphatic rings. The molecule has 5 heteroatoms. The topological polar surface area (TPSA) is 51.6 Å². The quantitative estimate of drug-likeness (QED) is 0.211. The Bertz CT molecular complexity index is 1170. The van der Waals surface area contributed by atoms with E-state index in [0.717, 1.165) is 36.0 Å². The molecule has 1 aliphatic heterocycles. The van der Waals surface area contributed by atoms with Crippen LogP contribution in [0.25, 0.3) is 10.6 Å². The standard InChI is InChI=1S/C35H49N3.C4H8O.Mg/c1-22(2)26-16-13-17-27(23(3)4)32(26)37-34(9,10)30-20-15-21-31(36-30)35(11,12)38-33-28(24(5)6)18-14-19-29(33)25(7)8;1-2-4-5-3-1;/h13-25H,1-12H3;1-4H2;/q-2;;+2/p+1. The summed E-state index contributed by atoms with van der Waals surface area (Å²) >= 11 is 0. The Morgan fingerprint density at radius 3 is 1.09 bits per heavy atom. The Labute approximate surface area is 285 Å². The molecule has 0 bridgehead atoms. The van der Waals surface area contributed by atoms with Gasteiger partial charge in [0.15, 0.2) is 11.4 Å². The first-order valence-corrected chi connectivity index (χ1v) is 16.5. The van der Waals surface area contributed by atoms with E-state index in [-0.39, 0.29) is 23.1 Å². The van der Waals surface area contributed by atoms with E-state index in [2.05, 4.69) is 143 Å². The number of benzene rings is 2. The number of nitrogens with one attached hydrogen (secondary N) is 1. The summed E-state index contributed by atoms with van der Waals surface area (Å²) in [5, 5.41) is 10.8. The maximum absolute atomic E-state index is 5.42. The van der Waals surface area contributed by atoms with Gasteiger partial charge in [0, 0.05) is 25.3 Å². The molecule has 4 rings (SSSR count). The zero-order valence-corrected chi connectivity index (χ0v) is 31.3. The summed E-state index contributed by atoms with van der Waals surface area (Å²) in [5.41, 5.74) is 8.82. The fourth-order valence-electron chi connectivity index (χ4n) is 5.65. The van der Waals surface area contributed by atoms with Crippen LogP contribution < -0.4 is 4.98 Å². The van der Waals surface area contributed by atoms with Crippen molar-refractivity contribution in [2.24, 2.45) is 0 Å². The molecule has 3 aromatic rings.